The molecule has 0 saturated carbocycles. The van der Waals surface area contributed by atoms with E-state index in [-0.39, 0.29) is 10.6 Å². The van der Waals surface area contributed by atoms with Crippen molar-refractivity contribution in [3.63, 3.8) is 0 Å². The molecule has 0 spiro atoms. The van der Waals surface area contributed by atoms with E-state index in [1.807, 2.05) is 7.05 Å². The summed E-state index contributed by atoms with van der Waals surface area (Å²) >= 11 is 0. The number of likely N-dealkylation sites (tertiary alicyclic amines) is 1. The summed E-state index contributed by atoms with van der Waals surface area (Å²) in [5.74, 6) is 1.02. The fourth-order valence-corrected chi connectivity index (χ4v) is 2.10. The molecule has 0 bridgehead atoms. The molecule has 1 heterocycles. The minimum absolute atomic E-state index is 0.0909. The molecule has 0 amide bonds. The lowest BCUT2D eigenvalue weighted by Crippen LogP contribution is -2.25. The number of hydrogen-bond donors (Lipinski definition) is 0. The molecule has 18 heavy (non-hydrogen) atoms. The van der Waals surface area contributed by atoms with Crippen LogP contribution in [0.25, 0.3) is 0 Å². The second-order valence-corrected chi connectivity index (χ2v) is 4.54. The van der Waals surface area contributed by atoms with Crippen LogP contribution in [0.5, 0.6) is 0 Å². The van der Waals surface area contributed by atoms with Gasteiger partial charge in [-0.3, -0.25) is 10.1 Å². The van der Waals surface area contributed by atoms with Crippen LogP contribution in [0.3, 0.4) is 0 Å². The van der Waals surface area contributed by atoms with Gasteiger partial charge in [0.15, 0.2) is 0 Å². The molecule has 1 saturated heterocycles. The van der Waals surface area contributed by atoms with Crippen LogP contribution in [-0.4, -0.2) is 29.3 Å². The summed E-state index contributed by atoms with van der Waals surface area (Å²) in [6.07, 6.45) is 4.49. The Morgan fingerprint density at radius 3 is 2.94 bits per heavy atom. The highest BCUT2D eigenvalue weighted by atomic mass is 16.6. The molecule has 0 N–H and O–H groups in total. The molecular weight excluding hydrogens is 230 g/mol. The number of hydrogen-bond acceptors (Lipinski definition) is 3. The Kier molecular flexibility index (Phi) is 3.92. The summed E-state index contributed by atoms with van der Waals surface area (Å²) in [5.41, 5.74) is 0.751. The van der Waals surface area contributed by atoms with Crippen LogP contribution < -0.4 is 0 Å². The Labute approximate surface area is 106 Å². The lowest BCUT2D eigenvalue weighted by atomic mass is 10.2. The first kappa shape index (κ1) is 12.5. The molecule has 1 aromatic rings. The summed E-state index contributed by atoms with van der Waals surface area (Å²) < 4.78 is 0. The van der Waals surface area contributed by atoms with Crippen LogP contribution in [0.1, 0.15) is 25.7 Å². The van der Waals surface area contributed by atoms with Crippen LogP contribution >= 0.6 is 0 Å². The summed E-state index contributed by atoms with van der Waals surface area (Å²) in [5, 5.41) is 10.7. The second-order valence-electron chi connectivity index (χ2n) is 4.54. The van der Waals surface area contributed by atoms with E-state index >= 15 is 0 Å². The number of nitro benzene ring substituents is 1. The molecule has 0 radical (unpaired) electrons. The zero-order valence-corrected chi connectivity index (χ0v) is 10.5. The fraction of sp³-hybridized carbons (Fsp3) is 0.462. The predicted molar refractivity (Wildman–Crippen MR) is 71.3 cm³/mol. The average Bonchev–Trinajstić information content (AvgIpc) is 2.55. The molecule has 1 aliphatic heterocycles. The van der Waals surface area contributed by atoms with E-state index in [9.17, 15) is 10.1 Å². The van der Waals surface area contributed by atoms with E-state index in [0.717, 1.165) is 25.2 Å². The van der Waals surface area contributed by atoms with Crippen LogP contribution in [-0.2, 0) is 0 Å². The minimum atomic E-state index is -0.388. The van der Waals surface area contributed by atoms with Crippen LogP contribution in [0.15, 0.2) is 29.3 Å². The van der Waals surface area contributed by atoms with Crippen LogP contribution in [0.2, 0.25) is 0 Å². The van der Waals surface area contributed by atoms with Crippen molar-refractivity contribution in [2.45, 2.75) is 25.7 Å². The molecule has 0 aromatic heterocycles. The molecule has 96 valence electrons. The topological polar surface area (TPSA) is 58.7 Å². The van der Waals surface area contributed by atoms with E-state index in [2.05, 4.69) is 9.89 Å². The minimum Gasteiger partial charge on any atom is -0.363 e. The molecule has 2 rings (SSSR count). The average molecular weight is 247 g/mol. The number of rotatable bonds is 2. The Balaban J connectivity index is 2.25. The van der Waals surface area contributed by atoms with Crippen LogP contribution in [0.4, 0.5) is 11.4 Å². The van der Waals surface area contributed by atoms with E-state index in [0.29, 0.717) is 5.69 Å². The first-order valence-corrected chi connectivity index (χ1v) is 6.20. The number of amidine groups is 1. The zero-order valence-electron chi connectivity index (χ0n) is 10.5. The predicted octanol–water partition coefficient (Wildman–Crippen LogP) is 3.13. The molecule has 1 aromatic carbocycles. The molecule has 5 nitrogen and oxygen atoms in total. The first-order chi connectivity index (χ1) is 8.66. The van der Waals surface area contributed by atoms with Gasteiger partial charge in [-0.2, -0.15) is 0 Å². The maximum atomic E-state index is 10.7. The Bertz CT molecular complexity index is 471. The van der Waals surface area contributed by atoms with Gasteiger partial charge < -0.3 is 4.90 Å². The van der Waals surface area contributed by atoms with Crippen LogP contribution in [0, 0.1) is 10.1 Å². The highest BCUT2D eigenvalue weighted by molar-refractivity contribution is 5.85. The van der Waals surface area contributed by atoms with E-state index in [1.165, 1.54) is 25.0 Å². The largest absolute Gasteiger partial charge is 0.363 e. The molecule has 0 atom stereocenters. The van der Waals surface area contributed by atoms with Gasteiger partial charge in [-0.25, -0.2) is 4.99 Å². The monoisotopic (exact) mass is 247 g/mol. The highest BCUT2D eigenvalue weighted by Gasteiger charge is 2.12. The van der Waals surface area contributed by atoms with Gasteiger partial charge in [0.2, 0.25) is 0 Å². The highest BCUT2D eigenvalue weighted by Crippen LogP contribution is 2.22. The van der Waals surface area contributed by atoms with Crippen molar-refractivity contribution in [1.82, 2.24) is 4.90 Å². The second kappa shape index (κ2) is 5.62. The summed E-state index contributed by atoms with van der Waals surface area (Å²) in [4.78, 5) is 17.0. The first-order valence-electron chi connectivity index (χ1n) is 6.20. The SMILES string of the molecule is CN1CCCCCC1=Nc1cccc([N+](=O)[O-])c1. The van der Waals surface area contributed by atoms with Gasteiger partial charge in [0, 0.05) is 32.1 Å². The third-order valence-electron chi connectivity index (χ3n) is 3.13. The van der Waals surface area contributed by atoms with Gasteiger partial charge >= 0.3 is 0 Å². The van der Waals surface area contributed by atoms with Gasteiger partial charge in [-0.15, -0.1) is 0 Å². The maximum Gasteiger partial charge on any atom is 0.271 e. The molecule has 1 aliphatic rings. The van der Waals surface area contributed by atoms with E-state index in [1.54, 1.807) is 12.1 Å². The van der Waals surface area contributed by atoms with Gasteiger partial charge in [0.1, 0.15) is 5.84 Å². The zero-order chi connectivity index (χ0) is 13.0. The van der Waals surface area contributed by atoms with Crippen molar-refractivity contribution in [2.75, 3.05) is 13.6 Å². The van der Waals surface area contributed by atoms with Crippen molar-refractivity contribution in [3.8, 4) is 0 Å². The van der Waals surface area contributed by atoms with Crippen molar-refractivity contribution in [1.29, 1.82) is 0 Å². The summed E-state index contributed by atoms with van der Waals surface area (Å²) in [7, 11) is 2.03. The number of nitrogens with zero attached hydrogens (tertiary/aromatic N) is 3. The molecular formula is C13H17N3O2. The summed E-state index contributed by atoms with van der Waals surface area (Å²) in [6, 6.07) is 6.49. The smallest absolute Gasteiger partial charge is 0.271 e. The lowest BCUT2D eigenvalue weighted by molar-refractivity contribution is -0.384. The molecule has 5 heteroatoms. The van der Waals surface area contributed by atoms with Crippen molar-refractivity contribution < 1.29 is 4.92 Å². The molecule has 0 aliphatic carbocycles. The molecule has 0 unspecified atom stereocenters. The maximum absolute atomic E-state index is 10.7. The van der Waals surface area contributed by atoms with Gasteiger partial charge in [-0.1, -0.05) is 12.5 Å². The van der Waals surface area contributed by atoms with Crippen molar-refractivity contribution in [2.24, 2.45) is 4.99 Å². The van der Waals surface area contributed by atoms with E-state index in [4.69, 9.17) is 0 Å². The molecule has 1 fully saturated rings. The Morgan fingerprint density at radius 2 is 2.17 bits per heavy atom. The number of aliphatic imine (C=N–C) groups is 1. The lowest BCUT2D eigenvalue weighted by Gasteiger charge is -2.17. The number of nitro groups is 1. The van der Waals surface area contributed by atoms with E-state index < -0.39 is 0 Å². The standard InChI is InChI=1S/C13H17N3O2/c1-15-9-4-2-3-8-13(15)14-11-6-5-7-12(10-11)16(17)18/h5-7,10H,2-4,8-9H2,1H3. The van der Waals surface area contributed by atoms with Gasteiger partial charge in [-0.05, 0) is 18.9 Å². The third-order valence-corrected chi connectivity index (χ3v) is 3.13. The quantitative estimate of drug-likeness (QED) is 0.596. The Hall–Kier alpha value is -1.91. The van der Waals surface area contributed by atoms with Crippen molar-refractivity contribution in [3.05, 3.63) is 34.4 Å². The summed E-state index contributed by atoms with van der Waals surface area (Å²) in [6.45, 7) is 1.01. The third kappa shape index (κ3) is 3.06. The van der Waals surface area contributed by atoms with Crippen molar-refractivity contribution >= 4 is 17.2 Å². The fourth-order valence-electron chi connectivity index (χ4n) is 2.10. The Morgan fingerprint density at radius 1 is 1.33 bits per heavy atom. The van der Waals surface area contributed by atoms with Gasteiger partial charge in [0.25, 0.3) is 5.69 Å². The van der Waals surface area contributed by atoms with Gasteiger partial charge in [0.05, 0.1) is 10.6 Å². The number of benzene rings is 1. The number of non-ortho nitro benzene ring substituents is 1. The normalized spacial score (nSPS) is 18.7.